The molecule has 0 heterocycles. The number of hydrogen-bond acceptors (Lipinski definition) is 7. The quantitative estimate of drug-likeness (QED) is 0.0264. The second kappa shape index (κ2) is 38.4. The number of esters is 2. The number of unbranched alkanes of at least 4 members (excludes halogenated alkanes) is 20. The zero-order chi connectivity index (χ0) is 40.7. The third-order valence-corrected chi connectivity index (χ3v) is 10.0. The Bertz CT molecular complexity index is 1000. The van der Waals surface area contributed by atoms with Crippen LogP contribution in [-0.4, -0.2) is 75.5 Å². The van der Waals surface area contributed by atoms with E-state index in [4.69, 9.17) is 14.2 Å². The summed E-state index contributed by atoms with van der Waals surface area (Å²) >= 11 is 0. The monoisotopic (exact) mass is 776 g/mol. The molecule has 320 valence electrons. The number of hydrogen-bond donors (Lipinski definition) is 0. The molecule has 0 N–H and O–H groups in total. The van der Waals surface area contributed by atoms with E-state index in [9.17, 15) is 19.5 Å². The Morgan fingerprint density at radius 3 is 1.51 bits per heavy atom. The summed E-state index contributed by atoms with van der Waals surface area (Å²) in [5.41, 5.74) is 0. The van der Waals surface area contributed by atoms with Crippen LogP contribution in [0, 0.1) is 0 Å². The molecule has 0 fully saturated rings. The van der Waals surface area contributed by atoms with Gasteiger partial charge in [-0.15, -0.1) is 0 Å². The molecule has 0 amide bonds. The lowest BCUT2D eigenvalue weighted by Gasteiger charge is -2.34. The first-order valence-corrected chi connectivity index (χ1v) is 22.5. The van der Waals surface area contributed by atoms with Gasteiger partial charge in [-0.1, -0.05) is 166 Å². The van der Waals surface area contributed by atoms with Gasteiger partial charge in [-0.05, 0) is 44.9 Å². The van der Waals surface area contributed by atoms with Gasteiger partial charge in [0.1, 0.15) is 12.6 Å². The van der Waals surface area contributed by atoms with Gasteiger partial charge in [-0.2, -0.15) is 0 Å². The van der Waals surface area contributed by atoms with Gasteiger partial charge in [0.2, 0.25) is 0 Å². The molecule has 0 spiro atoms. The number of rotatable bonds is 40. The summed E-state index contributed by atoms with van der Waals surface area (Å²) < 4.78 is 17.2. The molecule has 0 saturated heterocycles. The molecule has 0 rings (SSSR count). The molecule has 0 aliphatic rings. The maximum absolute atomic E-state index is 12.7. The summed E-state index contributed by atoms with van der Waals surface area (Å²) in [6.45, 7) is 4.55. The van der Waals surface area contributed by atoms with Gasteiger partial charge in [0.15, 0.2) is 6.10 Å². The fourth-order valence-electron chi connectivity index (χ4n) is 6.56. The number of ether oxygens (including phenoxy) is 3. The smallest absolute Gasteiger partial charge is 0.306 e. The van der Waals surface area contributed by atoms with Crippen LogP contribution < -0.4 is 5.11 Å². The Hall–Kier alpha value is -2.45. The highest BCUT2D eigenvalue weighted by Gasteiger charge is 2.25. The minimum atomic E-state index is -1.13. The van der Waals surface area contributed by atoms with Crippen molar-refractivity contribution in [3.05, 3.63) is 36.5 Å². The Morgan fingerprint density at radius 1 is 0.564 bits per heavy atom. The number of carboxylic acids is 1. The molecular weight excluding hydrogens is 691 g/mol. The van der Waals surface area contributed by atoms with Crippen LogP contribution in [0.15, 0.2) is 36.5 Å². The first-order valence-electron chi connectivity index (χ1n) is 22.5. The highest BCUT2D eigenvalue weighted by molar-refractivity contribution is 5.70. The van der Waals surface area contributed by atoms with E-state index in [-0.39, 0.29) is 42.7 Å². The third kappa shape index (κ3) is 36.9. The summed E-state index contributed by atoms with van der Waals surface area (Å²) in [4.78, 5) is 36.9. The van der Waals surface area contributed by atoms with Crippen molar-refractivity contribution in [1.82, 2.24) is 0 Å². The summed E-state index contributed by atoms with van der Waals surface area (Å²) in [6.07, 6.45) is 43.0. The standard InChI is InChI=1S/C47H85NO7/c1-6-8-10-12-14-16-18-20-22-24-25-27-29-31-33-35-37-45(49)54-42-43(41-53-40-39-44(47(51)52)48(3,4)5)55-46(50)38-36-34-32-30-28-26-23-21-19-17-15-13-11-9-7-2/h8,10,14,16,20,22,43-44H,6-7,9,11-13,15,17-19,21,23-42H2,1-5H3/b10-8+,16-14+,22-20+. The zero-order valence-corrected chi connectivity index (χ0v) is 36.3. The van der Waals surface area contributed by atoms with Gasteiger partial charge in [-0.3, -0.25) is 9.59 Å². The normalized spacial score (nSPS) is 13.3. The summed E-state index contributed by atoms with van der Waals surface area (Å²) in [7, 11) is 5.41. The van der Waals surface area contributed by atoms with Crippen LogP contribution in [0.25, 0.3) is 0 Å². The maximum atomic E-state index is 12.7. The van der Waals surface area contributed by atoms with E-state index in [1.807, 2.05) is 0 Å². The molecule has 2 atom stereocenters. The summed E-state index contributed by atoms with van der Waals surface area (Å²) in [5.74, 6) is -1.74. The molecule has 0 saturated carbocycles. The topological polar surface area (TPSA) is 102 Å². The fourth-order valence-corrected chi connectivity index (χ4v) is 6.56. The molecule has 0 aliphatic heterocycles. The van der Waals surface area contributed by atoms with E-state index in [1.54, 1.807) is 21.1 Å². The lowest BCUT2D eigenvalue weighted by atomic mass is 10.0. The van der Waals surface area contributed by atoms with Crippen LogP contribution in [0.5, 0.6) is 0 Å². The molecule has 2 unspecified atom stereocenters. The molecule has 0 bridgehead atoms. The number of quaternary nitrogens is 1. The predicted octanol–water partition coefficient (Wildman–Crippen LogP) is 10.9. The van der Waals surface area contributed by atoms with Gasteiger partial charge >= 0.3 is 11.9 Å². The van der Waals surface area contributed by atoms with E-state index >= 15 is 0 Å². The predicted molar refractivity (Wildman–Crippen MR) is 227 cm³/mol. The van der Waals surface area contributed by atoms with Gasteiger partial charge in [0.05, 0.1) is 40.3 Å². The van der Waals surface area contributed by atoms with Gasteiger partial charge in [0, 0.05) is 19.3 Å². The van der Waals surface area contributed by atoms with Crippen molar-refractivity contribution in [3.63, 3.8) is 0 Å². The van der Waals surface area contributed by atoms with Crippen molar-refractivity contribution < 1.29 is 38.2 Å². The zero-order valence-electron chi connectivity index (χ0n) is 36.3. The number of carbonyl (C=O) groups excluding carboxylic acids is 3. The first-order chi connectivity index (χ1) is 26.6. The number of nitrogens with zero attached hydrogens (tertiary/aromatic N) is 1. The summed E-state index contributed by atoms with van der Waals surface area (Å²) in [6, 6.07) is -0.726. The lowest BCUT2D eigenvalue weighted by molar-refractivity contribution is -0.889. The minimum Gasteiger partial charge on any atom is -0.544 e. The minimum absolute atomic E-state index is 0.0390. The summed E-state index contributed by atoms with van der Waals surface area (Å²) in [5, 5.41) is 11.6. The van der Waals surface area contributed by atoms with Crippen LogP contribution in [0.1, 0.15) is 194 Å². The van der Waals surface area contributed by atoms with E-state index in [1.165, 1.54) is 89.9 Å². The first kappa shape index (κ1) is 52.6. The largest absolute Gasteiger partial charge is 0.544 e. The molecule has 0 aliphatic carbocycles. The third-order valence-electron chi connectivity index (χ3n) is 10.0. The molecule has 0 aromatic rings. The van der Waals surface area contributed by atoms with Crippen molar-refractivity contribution in [3.8, 4) is 0 Å². The molecular formula is C47H85NO7. The molecule has 0 aromatic heterocycles. The van der Waals surface area contributed by atoms with Crippen LogP contribution >= 0.6 is 0 Å². The second-order valence-corrected chi connectivity index (χ2v) is 16.3. The Labute approximate surface area is 338 Å². The van der Waals surface area contributed by atoms with E-state index < -0.39 is 18.1 Å². The van der Waals surface area contributed by atoms with E-state index in [2.05, 4.69) is 50.3 Å². The van der Waals surface area contributed by atoms with Crippen LogP contribution in [-0.2, 0) is 28.6 Å². The van der Waals surface area contributed by atoms with E-state index in [0.29, 0.717) is 12.8 Å². The Balaban J connectivity index is 4.33. The maximum Gasteiger partial charge on any atom is 0.306 e. The van der Waals surface area contributed by atoms with Crippen molar-refractivity contribution in [2.24, 2.45) is 0 Å². The van der Waals surface area contributed by atoms with Crippen LogP contribution in [0.4, 0.5) is 0 Å². The Kier molecular flexibility index (Phi) is 36.7. The highest BCUT2D eigenvalue weighted by Crippen LogP contribution is 2.15. The van der Waals surface area contributed by atoms with Crippen molar-refractivity contribution in [2.45, 2.75) is 206 Å². The highest BCUT2D eigenvalue weighted by atomic mass is 16.6. The Morgan fingerprint density at radius 2 is 1.02 bits per heavy atom. The van der Waals surface area contributed by atoms with Crippen molar-refractivity contribution >= 4 is 17.9 Å². The second-order valence-electron chi connectivity index (χ2n) is 16.3. The number of aliphatic carboxylic acids is 1. The number of allylic oxidation sites excluding steroid dienone is 6. The van der Waals surface area contributed by atoms with Crippen LogP contribution in [0.3, 0.4) is 0 Å². The van der Waals surface area contributed by atoms with Gasteiger partial charge in [-0.25, -0.2) is 0 Å². The molecule has 0 radical (unpaired) electrons. The SMILES string of the molecule is CC/C=C/C/C=C/C/C=C/CCCCCCCCC(=O)OCC(COCCC(C(=O)[O-])[N+](C)(C)C)OC(=O)CCCCCCCCCCCCCCCCC. The average Bonchev–Trinajstić information content (AvgIpc) is 3.14. The molecule has 55 heavy (non-hydrogen) atoms. The van der Waals surface area contributed by atoms with E-state index in [0.717, 1.165) is 70.6 Å². The van der Waals surface area contributed by atoms with Gasteiger partial charge in [0.25, 0.3) is 0 Å². The van der Waals surface area contributed by atoms with Crippen molar-refractivity contribution in [2.75, 3.05) is 41.0 Å². The molecule has 8 nitrogen and oxygen atoms in total. The lowest BCUT2D eigenvalue weighted by Crippen LogP contribution is -2.55. The van der Waals surface area contributed by atoms with Gasteiger partial charge < -0.3 is 28.6 Å². The number of carboxylic acid groups (broad SMARTS) is 1. The number of carbonyl (C=O) groups is 3. The molecule has 8 heteroatoms. The fraction of sp³-hybridized carbons (Fsp3) is 0.809. The van der Waals surface area contributed by atoms with Crippen LogP contribution in [0.2, 0.25) is 0 Å². The van der Waals surface area contributed by atoms with Crippen molar-refractivity contribution in [1.29, 1.82) is 0 Å². The average molecular weight is 776 g/mol. The number of likely N-dealkylation sites (N-methyl/N-ethyl adjacent to an activating group) is 1. The molecule has 0 aromatic carbocycles.